The zero-order valence-corrected chi connectivity index (χ0v) is 21.4. The minimum absolute atomic E-state index is 0.869. The van der Waals surface area contributed by atoms with Gasteiger partial charge in [-0.2, -0.15) is 0 Å². The molecule has 0 amide bonds. The summed E-state index contributed by atoms with van der Waals surface area (Å²) in [6.07, 6.45) is 17.7. The maximum absolute atomic E-state index is 4.26. The molecule has 0 N–H and O–H groups in total. The van der Waals surface area contributed by atoms with E-state index in [-0.39, 0.29) is 0 Å². The van der Waals surface area contributed by atoms with E-state index in [4.69, 9.17) is 0 Å². The van der Waals surface area contributed by atoms with E-state index in [1.165, 1.54) is 28.1 Å². The Hall–Kier alpha value is -3.58. The number of para-hydroxylation sites is 1. The first-order chi connectivity index (χ1) is 16.5. The summed E-state index contributed by atoms with van der Waals surface area (Å²) in [6, 6.07) is 15.4. The van der Waals surface area contributed by atoms with Gasteiger partial charge in [-0.05, 0) is 86.1 Å². The molecule has 2 aromatic carbocycles. The summed E-state index contributed by atoms with van der Waals surface area (Å²) in [5.74, 6) is 0. The van der Waals surface area contributed by atoms with Crippen molar-refractivity contribution < 1.29 is 0 Å². The Morgan fingerprint density at radius 1 is 0.912 bits per heavy atom. The average Bonchev–Trinajstić information content (AvgIpc) is 2.84. The van der Waals surface area contributed by atoms with Crippen molar-refractivity contribution in [1.82, 2.24) is 0 Å². The number of allylic oxidation sites excluding steroid dienone is 11. The number of nitrogens with zero attached hydrogens (tertiary/aromatic N) is 1. The molecule has 2 rings (SSSR count). The Kier molecular flexibility index (Phi) is 10.9. The molecular weight excluding hydrogens is 410 g/mol. The van der Waals surface area contributed by atoms with Gasteiger partial charge in [0.2, 0.25) is 0 Å². The fraction of sp³-hybridized carbons (Fsp3) is 0.212. The van der Waals surface area contributed by atoms with Gasteiger partial charge in [0.15, 0.2) is 0 Å². The predicted molar refractivity (Wildman–Crippen MR) is 153 cm³/mol. The highest BCUT2D eigenvalue weighted by Gasteiger charge is 2.15. The maximum atomic E-state index is 4.26. The smallest absolute Gasteiger partial charge is 0.0446 e. The molecule has 1 heteroatoms. The normalized spacial score (nSPS) is 12.4. The van der Waals surface area contributed by atoms with Crippen LogP contribution in [0.2, 0.25) is 0 Å². The van der Waals surface area contributed by atoms with Crippen molar-refractivity contribution in [1.29, 1.82) is 0 Å². The summed E-state index contributed by atoms with van der Waals surface area (Å²) >= 11 is 0. The molecule has 34 heavy (non-hydrogen) atoms. The second kappa shape index (κ2) is 13.9. The van der Waals surface area contributed by atoms with Gasteiger partial charge in [-0.1, -0.05) is 98.7 Å². The second-order valence-electron chi connectivity index (χ2n) is 8.31. The summed E-state index contributed by atoms with van der Waals surface area (Å²) in [6.45, 7) is 21.9. The van der Waals surface area contributed by atoms with Gasteiger partial charge < -0.3 is 4.90 Å². The van der Waals surface area contributed by atoms with Crippen molar-refractivity contribution in [2.75, 3.05) is 11.4 Å². The summed E-state index contributed by atoms with van der Waals surface area (Å²) in [7, 11) is 0. The zero-order valence-electron chi connectivity index (χ0n) is 21.4. The molecule has 0 aromatic heterocycles. The van der Waals surface area contributed by atoms with Crippen LogP contribution in [0, 0.1) is 13.8 Å². The quantitative estimate of drug-likeness (QED) is 0.292. The van der Waals surface area contributed by atoms with Crippen LogP contribution in [0.4, 0.5) is 11.4 Å². The van der Waals surface area contributed by atoms with Crippen molar-refractivity contribution >= 4 is 11.4 Å². The van der Waals surface area contributed by atoms with Crippen LogP contribution < -0.4 is 4.90 Å². The van der Waals surface area contributed by atoms with Crippen LogP contribution in [-0.4, -0.2) is 6.54 Å². The van der Waals surface area contributed by atoms with Crippen molar-refractivity contribution in [3.05, 3.63) is 144 Å². The lowest BCUT2D eigenvalue weighted by Crippen LogP contribution is -2.19. The lowest BCUT2D eigenvalue weighted by Gasteiger charge is -2.28. The molecule has 0 aliphatic rings. The van der Waals surface area contributed by atoms with Crippen molar-refractivity contribution in [3.8, 4) is 0 Å². The average molecular weight is 450 g/mol. The molecule has 2 aromatic rings. The highest BCUT2D eigenvalue weighted by molar-refractivity contribution is 5.69. The fourth-order valence-electron chi connectivity index (χ4n) is 4.06. The number of aryl methyl sites for hydroxylation is 3. The molecule has 0 saturated heterocycles. The van der Waals surface area contributed by atoms with Crippen molar-refractivity contribution in [2.24, 2.45) is 0 Å². The largest absolute Gasteiger partial charge is 0.341 e. The van der Waals surface area contributed by atoms with E-state index >= 15 is 0 Å². The molecule has 0 saturated carbocycles. The van der Waals surface area contributed by atoms with Crippen LogP contribution in [0.15, 0.2) is 128 Å². The first-order valence-electron chi connectivity index (χ1n) is 12.0. The van der Waals surface area contributed by atoms with E-state index in [1.807, 2.05) is 55.5 Å². The minimum atomic E-state index is 0.869. The van der Waals surface area contributed by atoms with Gasteiger partial charge in [-0.25, -0.2) is 0 Å². The van der Waals surface area contributed by atoms with Crippen LogP contribution in [0.25, 0.3) is 0 Å². The molecule has 1 nitrogen and oxygen atoms in total. The van der Waals surface area contributed by atoms with Crippen LogP contribution in [-0.2, 0) is 6.42 Å². The van der Waals surface area contributed by atoms with Crippen LogP contribution in [0.5, 0.6) is 0 Å². The molecule has 0 aliphatic heterocycles. The van der Waals surface area contributed by atoms with Gasteiger partial charge in [-0.3, -0.25) is 0 Å². The Morgan fingerprint density at radius 3 is 2.29 bits per heavy atom. The number of benzene rings is 2. The Balaban J connectivity index is 2.35. The summed E-state index contributed by atoms with van der Waals surface area (Å²) in [4.78, 5) is 2.42. The number of hydrogen-bond donors (Lipinski definition) is 0. The molecule has 0 fully saturated rings. The van der Waals surface area contributed by atoms with Crippen LogP contribution in [0.3, 0.4) is 0 Å². The molecule has 0 unspecified atom stereocenters. The Labute approximate surface area is 207 Å². The van der Waals surface area contributed by atoms with E-state index in [0.29, 0.717) is 0 Å². The maximum Gasteiger partial charge on any atom is 0.0446 e. The first-order valence-corrected chi connectivity index (χ1v) is 12.0. The third-order valence-corrected chi connectivity index (χ3v) is 5.88. The topological polar surface area (TPSA) is 3.24 Å². The summed E-state index contributed by atoms with van der Waals surface area (Å²) in [5, 5.41) is 0. The van der Waals surface area contributed by atoms with Crippen LogP contribution >= 0.6 is 0 Å². The predicted octanol–water partition coefficient (Wildman–Crippen LogP) is 9.31. The van der Waals surface area contributed by atoms with E-state index < -0.39 is 0 Å². The van der Waals surface area contributed by atoms with Gasteiger partial charge in [0.05, 0.1) is 0 Å². The van der Waals surface area contributed by atoms with E-state index in [2.05, 4.69) is 87.9 Å². The molecule has 0 atom stereocenters. The molecule has 0 aliphatic carbocycles. The third-order valence-electron chi connectivity index (χ3n) is 5.88. The molecular formula is C33H39N. The third kappa shape index (κ3) is 7.22. The molecule has 0 spiro atoms. The fourth-order valence-corrected chi connectivity index (χ4v) is 4.06. The van der Waals surface area contributed by atoms with Gasteiger partial charge in [0, 0.05) is 17.9 Å². The Bertz CT molecular complexity index is 1120. The lowest BCUT2D eigenvalue weighted by molar-refractivity contribution is 0.931. The van der Waals surface area contributed by atoms with Gasteiger partial charge in [0.25, 0.3) is 0 Å². The van der Waals surface area contributed by atoms with E-state index in [1.54, 1.807) is 0 Å². The first kappa shape index (κ1) is 26.7. The Morgan fingerprint density at radius 2 is 1.65 bits per heavy atom. The summed E-state index contributed by atoms with van der Waals surface area (Å²) < 4.78 is 0. The zero-order chi connectivity index (χ0) is 24.9. The number of anilines is 2. The minimum Gasteiger partial charge on any atom is -0.341 e. The SMILES string of the molecule is C=C/C(CCc1ccc(C)cc1N(CC)c1ccccc1C)=C(\C=C)C(=C)/C=C/C=C\C=C/C. The van der Waals surface area contributed by atoms with E-state index in [9.17, 15) is 0 Å². The summed E-state index contributed by atoms with van der Waals surface area (Å²) in [5.41, 5.74) is 9.55. The lowest BCUT2D eigenvalue weighted by atomic mass is 9.94. The monoisotopic (exact) mass is 449 g/mol. The van der Waals surface area contributed by atoms with Gasteiger partial charge in [0.1, 0.15) is 0 Å². The molecule has 0 radical (unpaired) electrons. The van der Waals surface area contributed by atoms with Gasteiger partial charge >= 0.3 is 0 Å². The van der Waals surface area contributed by atoms with Crippen LogP contribution in [0.1, 0.15) is 37.0 Å². The van der Waals surface area contributed by atoms with Crippen molar-refractivity contribution in [3.63, 3.8) is 0 Å². The molecule has 176 valence electrons. The number of rotatable bonds is 12. The standard InChI is InChI=1S/C33H39N/c1-8-12-13-14-15-18-27(6)31(10-3)29(9-2)23-24-30-22-21-26(5)25-33(30)34(11-4)32-20-17-16-19-28(32)7/h8-10,12-22,25H,2-3,6,11,23-24H2,1,4-5,7H3/b12-8-,14-13-,18-15+,31-29-. The second-order valence-corrected chi connectivity index (χ2v) is 8.31. The number of hydrogen-bond acceptors (Lipinski definition) is 1. The highest BCUT2D eigenvalue weighted by Crippen LogP contribution is 2.33. The highest BCUT2D eigenvalue weighted by atomic mass is 15.1. The van der Waals surface area contributed by atoms with Crippen molar-refractivity contribution in [2.45, 2.75) is 40.5 Å². The molecule has 0 heterocycles. The molecule has 0 bridgehead atoms. The van der Waals surface area contributed by atoms with E-state index in [0.717, 1.165) is 36.1 Å². The van der Waals surface area contributed by atoms with Gasteiger partial charge in [-0.15, -0.1) is 0 Å².